The summed E-state index contributed by atoms with van der Waals surface area (Å²) >= 11 is 0. The van der Waals surface area contributed by atoms with E-state index in [4.69, 9.17) is 0 Å². The van der Waals surface area contributed by atoms with Crippen molar-refractivity contribution in [1.82, 2.24) is 0 Å². The molecule has 1 aliphatic rings. The van der Waals surface area contributed by atoms with Gasteiger partial charge in [0.05, 0.1) is 0 Å². The Kier molecular flexibility index (Phi) is 6.73. The van der Waals surface area contributed by atoms with Gasteiger partial charge in [-0.3, -0.25) is 4.79 Å². The Labute approximate surface area is 134 Å². The first-order valence-corrected chi connectivity index (χ1v) is 7.79. The van der Waals surface area contributed by atoms with Crippen molar-refractivity contribution in [2.24, 2.45) is 11.3 Å². The van der Waals surface area contributed by atoms with Crippen LogP contribution in [0.25, 0.3) is 0 Å². The number of hydrogen-bond acceptors (Lipinski definition) is 1. The molecule has 0 saturated heterocycles. The van der Waals surface area contributed by atoms with Crippen LogP contribution in [-0.4, -0.2) is 6.29 Å². The molecular formula is C20H27FO. The quantitative estimate of drug-likeness (QED) is 0.204. The van der Waals surface area contributed by atoms with Gasteiger partial charge in [0.1, 0.15) is 12.1 Å². The third kappa shape index (κ3) is 5.25. The highest BCUT2D eigenvalue weighted by molar-refractivity contribution is 5.67. The van der Waals surface area contributed by atoms with E-state index in [2.05, 4.69) is 32.9 Å². The molecular weight excluding hydrogens is 276 g/mol. The highest BCUT2D eigenvalue weighted by atomic mass is 19.1. The number of carbonyl (C=O) groups is 1. The SMILES string of the molecule is CC1=CCCC(C)(C)C1/C=C/C(C)=C(F)/C=C/C([13CH3])=C\C=O. The summed E-state index contributed by atoms with van der Waals surface area (Å²) in [7, 11) is 0. The Hall–Kier alpha value is -1.70. The highest BCUT2D eigenvalue weighted by Crippen LogP contribution is 2.41. The monoisotopic (exact) mass is 303 g/mol. The lowest BCUT2D eigenvalue weighted by molar-refractivity contribution is -0.104. The molecule has 0 heterocycles. The van der Waals surface area contributed by atoms with Crippen LogP contribution in [0.4, 0.5) is 4.39 Å². The summed E-state index contributed by atoms with van der Waals surface area (Å²) in [6.45, 7) is 10.2. The lowest BCUT2D eigenvalue weighted by Crippen LogP contribution is -2.26. The predicted octanol–water partition coefficient (Wildman–Crippen LogP) is 5.87. The molecule has 22 heavy (non-hydrogen) atoms. The zero-order chi connectivity index (χ0) is 16.8. The molecule has 0 aromatic carbocycles. The van der Waals surface area contributed by atoms with Crippen LogP contribution in [0.15, 0.2) is 59.0 Å². The number of carbonyl (C=O) groups excluding carboxylic acids is 1. The Morgan fingerprint density at radius 1 is 1.27 bits per heavy atom. The van der Waals surface area contributed by atoms with Crippen molar-refractivity contribution in [1.29, 1.82) is 0 Å². The van der Waals surface area contributed by atoms with Gasteiger partial charge in [-0.2, -0.15) is 0 Å². The molecule has 0 saturated carbocycles. The molecule has 0 N–H and O–H groups in total. The summed E-state index contributed by atoms with van der Waals surface area (Å²) in [5.74, 6) is 0.0785. The predicted molar refractivity (Wildman–Crippen MR) is 92.2 cm³/mol. The van der Waals surface area contributed by atoms with Gasteiger partial charge < -0.3 is 0 Å². The standard InChI is InChI=1S/C20H27FO/c1-15(12-14-22)8-11-19(21)17(3)9-10-18-16(2)7-6-13-20(18,4)5/h7-12,14,18H,6,13H2,1-5H3/b10-9+,11-8+,15-12-,19-17-/i1+1. The zero-order valence-electron chi connectivity index (χ0n) is 14.3. The molecule has 0 aliphatic heterocycles. The molecule has 1 atom stereocenters. The molecule has 0 fully saturated rings. The van der Waals surface area contributed by atoms with Gasteiger partial charge >= 0.3 is 0 Å². The highest BCUT2D eigenvalue weighted by Gasteiger charge is 2.30. The Balaban J connectivity index is 2.89. The van der Waals surface area contributed by atoms with Crippen molar-refractivity contribution >= 4 is 6.29 Å². The molecule has 1 aliphatic carbocycles. The van der Waals surface area contributed by atoms with Crippen LogP contribution in [0.2, 0.25) is 0 Å². The minimum atomic E-state index is -0.273. The first-order valence-electron chi connectivity index (χ1n) is 7.79. The van der Waals surface area contributed by atoms with E-state index in [1.807, 2.05) is 6.08 Å². The molecule has 1 rings (SSSR count). The Bertz CT molecular complexity index is 556. The summed E-state index contributed by atoms with van der Waals surface area (Å²) in [6.07, 6.45) is 13.7. The second kappa shape index (κ2) is 8.07. The van der Waals surface area contributed by atoms with Crippen molar-refractivity contribution < 1.29 is 9.18 Å². The van der Waals surface area contributed by atoms with Gasteiger partial charge in [-0.25, -0.2) is 4.39 Å². The minimum Gasteiger partial charge on any atom is -0.299 e. The van der Waals surface area contributed by atoms with Gasteiger partial charge in [0.2, 0.25) is 0 Å². The Morgan fingerprint density at radius 2 is 1.95 bits per heavy atom. The van der Waals surface area contributed by atoms with E-state index < -0.39 is 0 Å². The fraction of sp³-hybridized carbons (Fsp3) is 0.450. The van der Waals surface area contributed by atoms with Gasteiger partial charge in [0.25, 0.3) is 0 Å². The molecule has 0 bridgehead atoms. The molecule has 0 aromatic rings. The van der Waals surface area contributed by atoms with Crippen molar-refractivity contribution in [3.8, 4) is 0 Å². The van der Waals surface area contributed by atoms with E-state index >= 15 is 0 Å². The van der Waals surface area contributed by atoms with Gasteiger partial charge in [0, 0.05) is 5.92 Å². The fourth-order valence-corrected chi connectivity index (χ4v) is 2.80. The summed E-state index contributed by atoms with van der Waals surface area (Å²) in [4.78, 5) is 10.3. The largest absolute Gasteiger partial charge is 0.299 e. The van der Waals surface area contributed by atoms with Crippen LogP contribution in [0, 0.1) is 11.3 Å². The molecule has 0 spiro atoms. The molecule has 0 amide bonds. The second-order valence-electron chi connectivity index (χ2n) is 6.72. The van der Waals surface area contributed by atoms with Crippen molar-refractivity contribution in [3.05, 3.63) is 59.0 Å². The van der Waals surface area contributed by atoms with Crippen LogP contribution in [0.1, 0.15) is 47.5 Å². The minimum absolute atomic E-state index is 0.214. The first-order chi connectivity index (χ1) is 10.3. The maximum Gasteiger partial charge on any atom is 0.143 e. The normalized spacial score (nSPS) is 23.6. The third-order valence-electron chi connectivity index (χ3n) is 4.33. The van der Waals surface area contributed by atoms with Gasteiger partial charge in [0.15, 0.2) is 0 Å². The van der Waals surface area contributed by atoms with Crippen LogP contribution < -0.4 is 0 Å². The second-order valence-corrected chi connectivity index (χ2v) is 6.72. The number of allylic oxidation sites excluding steroid dienone is 10. The summed E-state index contributed by atoms with van der Waals surface area (Å²) < 4.78 is 14.1. The molecule has 0 aromatic heterocycles. The van der Waals surface area contributed by atoms with Crippen LogP contribution in [-0.2, 0) is 4.79 Å². The van der Waals surface area contributed by atoms with E-state index in [-0.39, 0.29) is 11.2 Å². The smallest absolute Gasteiger partial charge is 0.143 e. The number of hydrogen-bond donors (Lipinski definition) is 0. The topological polar surface area (TPSA) is 17.1 Å². The lowest BCUT2D eigenvalue weighted by atomic mass is 9.68. The molecule has 2 heteroatoms. The van der Waals surface area contributed by atoms with E-state index in [1.165, 1.54) is 17.7 Å². The van der Waals surface area contributed by atoms with Crippen molar-refractivity contribution in [3.63, 3.8) is 0 Å². The van der Waals surface area contributed by atoms with Gasteiger partial charge in [-0.05, 0) is 62.3 Å². The molecule has 120 valence electrons. The number of halogens is 1. The summed E-state index contributed by atoms with van der Waals surface area (Å²) in [5, 5.41) is 0. The summed E-state index contributed by atoms with van der Waals surface area (Å²) in [6, 6.07) is 0. The van der Waals surface area contributed by atoms with Gasteiger partial charge in [-0.15, -0.1) is 0 Å². The fourth-order valence-electron chi connectivity index (χ4n) is 2.80. The van der Waals surface area contributed by atoms with E-state index in [9.17, 15) is 9.18 Å². The molecule has 0 radical (unpaired) electrons. The average molecular weight is 303 g/mol. The zero-order valence-corrected chi connectivity index (χ0v) is 14.3. The van der Waals surface area contributed by atoms with E-state index in [0.29, 0.717) is 17.8 Å². The molecule has 1 unspecified atom stereocenters. The third-order valence-corrected chi connectivity index (χ3v) is 4.33. The van der Waals surface area contributed by atoms with E-state index in [1.54, 1.807) is 19.9 Å². The average Bonchev–Trinajstić information content (AvgIpc) is 2.43. The Morgan fingerprint density at radius 3 is 2.55 bits per heavy atom. The van der Waals surface area contributed by atoms with Crippen LogP contribution >= 0.6 is 0 Å². The number of rotatable bonds is 5. The van der Waals surface area contributed by atoms with Gasteiger partial charge in [-0.1, -0.05) is 43.7 Å². The maximum absolute atomic E-state index is 14.1. The number of aldehydes is 1. The van der Waals surface area contributed by atoms with E-state index in [0.717, 1.165) is 18.4 Å². The summed E-state index contributed by atoms with van der Waals surface area (Å²) in [5.41, 5.74) is 2.91. The van der Waals surface area contributed by atoms with Crippen LogP contribution in [0.5, 0.6) is 0 Å². The van der Waals surface area contributed by atoms with Crippen molar-refractivity contribution in [2.45, 2.75) is 47.5 Å². The molecule has 1 nitrogen and oxygen atoms in total. The van der Waals surface area contributed by atoms with Crippen molar-refractivity contribution in [2.75, 3.05) is 0 Å². The lowest BCUT2D eigenvalue weighted by Gasteiger charge is -2.36. The van der Waals surface area contributed by atoms with Crippen LogP contribution in [0.3, 0.4) is 0 Å². The maximum atomic E-state index is 14.1. The first kappa shape index (κ1) is 18.3.